The number of carbonyl (C=O) groups is 4. The summed E-state index contributed by atoms with van der Waals surface area (Å²) in [5, 5.41) is 12.1. The monoisotopic (exact) mass is 609 g/mol. The molecular formula is C34H47N3O7. The summed E-state index contributed by atoms with van der Waals surface area (Å²) >= 11 is 0. The molecule has 1 saturated heterocycles. The number of carboxylic acid groups (broad SMARTS) is 1. The average Bonchev–Trinajstić information content (AvgIpc) is 3.04. The first kappa shape index (κ1) is 34.6. The summed E-state index contributed by atoms with van der Waals surface area (Å²) < 4.78 is 5.49. The molecule has 0 radical (unpaired) electrons. The number of unbranched alkanes of at least 4 members (excludes halogenated alkanes) is 7. The molecule has 2 atom stereocenters. The van der Waals surface area contributed by atoms with E-state index in [0.29, 0.717) is 19.3 Å². The molecule has 1 fully saturated rings. The molecule has 2 aromatic carbocycles. The minimum absolute atomic E-state index is 0.0151. The molecule has 1 heterocycles. The van der Waals surface area contributed by atoms with E-state index in [9.17, 15) is 24.3 Å². The lowest BCUT2D eigenvalue weighted by Gasteiger charge is -2.42. The van der Waals surface area contributed by atoms with Crippen molar-refractivity contribution in [3.63, 3.8) is 0 Å². The van der Waals surface area contributed by atoms with Gasteiger partial charge in [0.1, 0.15) is 6.61 Å². The molecule has 10 heteroatoms. The summed E-state index contributed by atoms with van der Waals surface area (Å²) in [6.45, 7) is 2.47. The third kappa shape index (κ3) is 11.6. The van der Waals surface area contributed by atoms with Crippen molar-refractivity contribution in [1.29, 1.82) is 0 Å². The SMILES string of the molecule is CCCCCCCCCC[C@H](CC(=O)NOCc1ccccc1)C(=O)N1[C@H](C(=O)O)CCCN1C(=O)OCc1ccccc1. The highest BCUT2D eigenvalue weighted by Gasteiger charge is 2.43. The first-order valence-electron chi connectivity index (χ1n) is 15.9. The minimum atomic E-state index is -1.24. The van der Waals surface area contributed by atoms with E-state index in [-0.39, 0.29) is 32.6 Å². The van der Waals surface area contributed by atoms with E-state index in [1.165, 1.54) is 25.7 Å². The van der Waals surface area contributed by atoms with Gasteiger partial charge in [0.15, 0.2) is 6.04 Å². The van der Waals surface area contributed by atoms with Crippen molar-refractivity contribution in [3.8, 4) is 0 Å². The zero-order chi connectivity index (χ0) is 31.6. The van der Waals surface area contributed by atoms with Gasteiger partial charge in [0.2, 0.25) is 11.8 Å². The molecule has 2 aromatic rings. The van der Waals surface area contributed by atoms with E-state index >= 15 is 0 Å². The summed E-state index contributed by atoms with van der Waals surface area (Å²) in [5.74, 6) is -3.10. The van der Waals surface area contributed by atoms with Crippen LogP contribution in [0.1, 0.15) is 95.1 Å². The number of aliphatic carboxylic acids is 1. The van der Waals surface area contributed by atoms with Gasteiger partial charge in [0.25, 0.3) is 0 Å². The van der Waals surface area contributed by atoms with Crippen LogP contribution in [0.25, 0.3) is 0 Å². The highest BCUT2D eigenvalue weighted by molar-refractivity contribution is 5.90. The Hall–Kier alpha value is -3.92. The number of amides is 3. The Morgan fingerprint density at radius 2 is 1.45 bits per heavy atom. The second-order valence-electron chi connectivity index (χ2n) is 11.3. The van der Waals surface area contributed by atoms with E-state index < -0.39 is 35.8 Å². The lowest BCUT2D eigenvalue weighted by atomic mass is 9.94. The van der Waals surface area contributed by atoms with Crippen LogP contribution < -0.4 is 5.48 Å². The fourth-order valence-corrected chi connectivity index (χ4v) is 5.37. The lowest BCUT2D eigenvalue weighted by molar-refractivity contribution is -0.174. The second kappa shape index (κ2) is 19.4. The number of ether oxygens (including phenoxy) is 1. The predicted molar refractivity (Wildman–Crippen MR) is 166 cm³/mol. The van der Waals surface area contributed by atoms with Crippen LogP contribution in [0.2, 0.25) is 0 Å². The van der Waals surface area contributed by atoms with Gasteiger partial charge < -0.3 is 9.84 Å². The Kier molecular flexibility index (Phi) is 15.2. The molecule has 0 saturated carbocycles. The maximum absolute atomic E-state index is 14.1. The maximum atomic E-state index is 14.1. The van der Waals surface area contributed by atoms with Crippen LogP contribution in [0.4, 0.5) is 4.79 Å². The third-order valence-electron chi connectivity index (χ3n) is 7.78. The molecule has 2 N–H and O–H groups in total. The van der Waals surface area contributed by atoms with E-state index in [1.807, 2.05) is 60.7 Å². The van der Waals surface area contributed by atoms with Gasteiger partial charge >= 0.3 is 12.1 Å². The molecule has 44 heavy (non-hydrogen) atoms. The van der Waals surface area contributed by atoms with Crippen LogP contribution in [0, 0.1) is 5.92 Å². The number of hydrogen-bond acceptors (Lipinski definition) is 6. The van der Waals surface area contributed by atoms with Gasteiger partial charge in [0.05, 0.1) is 6.61 Å². The van der Waals surface area contributed by atoms with Crippen molar-refractivity contribution in [2.75, 3.05) is 6.54 Å². The van der Waals surface area contributed by atoms with Gasteiger partial charge in [-0.05, 0) is 30.4 Å². The summed E-state index contributed by atoms with van der Waals surface area (Å²) in [4.78, 5) is 57.9. The number of nitrogens with zero attached hydrogens (tertiary/aromatic N) is 2. The molecule has 0 unspecified atom stereocenters. The fourth-order valence-electron chi connectivity index (χ4n) is 5.37. The van der Waals surface area contributed by atoms with Crippen molar-refractivity contribution in [1.82, 2.24) is 15.5 Å². The van der Waals surface area contributed by atoms with E-state index in [2.05, 4.69) is 12.4 Å². The normalized spacial score (nSPS) is 15.4. The number of nitrogens with one attached hydrogen (secondary N) is 1. The van der Waals surface area contributed by atoms with Gasteiger partial charge in [0, 0.05) is 18.9 Å². The Bertz CT molecular complexity index is 1160. The Labute approximate surface area is 260 Å². The summed E-state index contributed by atoms with van der Waals surface area (Å²) in [5.41, 5.74) is 4.07. The van der Waals surface area contributed by atoms with Crippen molar-refractivity contribution in [3.05, 3.63) is 71.8 Å². The zero-order valence-corrected chi connectivity index (χ0v) is 25.8. The standard InChI is InChI=1S/C34H47N3O7/c1-2-3-4-5-6-7-8-15-21-29(24-31(38)35-44-26-28-19-13-10-14-20-28)32(39)37-30(33(40)41)22-16-23-36(37)34(42)43-25-27-17-11-9-12-18-27/h9-14,17-20,29-30H,2-8,15-16,21-26H2,1H3,(H,35,38)(H,40,41)/t29-,30+/m1/s1. The molecule has 1 aliphatic heterocycles. The van der Waals surface area contributed by atoms with Gasteiger partial charge in [-0.25, -0.2) is 25.1 Å². The molecule has 240 valence electrons. The van der Waals surface area contributed by atoms with Gasteiger partial charge in [-0.1, -0.05) is 119 Å². The summed E-state index contributed by atoms with van der Waals surface area (Å²) in [6, 6.07) is 17.2. The molecule has 10 nitrogen and oxygen atoms in total. The van der Waals surface area contributed by atoms with Crippen LogP contribution in [-0.4, -0.2) is 51.6 Å². The molecular weight excluding hydrogens is 562 g/mol. The predicted octanol–water partition coefficient (Wildman–Crippen LogP) is 6.40. The molecule has 3 rings (SSSR count). The van der Waals surface area contributed by atoms with Crippen LogP contribution in [0.15, 0.2) is 60.7 Å². The average molecular weight is 610 g/mol. The molecule has 0 spiro atoms. The number of rotatable bonds is 18. The first-order chi connectivity index (χ1) is 21.4. The molecule has 3 amide bonds. The smallest absolute Gasteiger partial charge is 0.429 e. The number of carbonyl (C=O) groups excluding carboxylic acids is 3. The summed E-state index contributed by atoms with van der Waals surface area (Å²) in [7, 11) is 0. The van der Waals surface area contributed by atoms with Crippen LogP contribution >= 0.6 is 0 Å². The van der Waals surface area contributed by atoms with Crippen LogP contribution in [0.3, 0.4) is 0 Å². The highest BCUT2D eigenvalue weighted by atomic mass is 16.6. The van der Waals surface area contributed by atoms with Gasteiger partial charge in [-0.15, -0.1) is 0 Å². The molecule has 0 bridgehead atoms. The topological polar surface area (TPSA) is 125 Å². The maximum Gasteiger partial charge on any atom is 0.429 e. The number of hydrogen-bond donors (Lipinski definition) is 2. The number of hydrazine groups is 1. The van der Waals surface area contributed by atoms with E-state index in [4.69, 9.17) is 9.57 Å². The minimum Gasteiger partial charge on any atom is -0.480 e. The summed E-state index contributed by atoms with van der Waals surface area (Å²) in [6.07, 6.45) is 8.52. The Morgan fingerprint density at radius 3 is 2.07 bits per heavy atom. The lowest BCUT2D eigenvalue weighted by Crippen LogP contribution is -2.61. The van der Waals surface area contributed by atoms with Crippen molar-refractivity contribution >= 4 is 23.9 Å². The van der Waals surface area contributed by atoms with Crippen molar-refractivity contribution < 1.29 is 33.9 Å². The quantitative estimate of drug-likeness (QED) is 0.148. The Morgan fingerprint density at radius 1 is 0.864 bits per heavy atom. The highest BCUT2D eigenvalue weighted by Crippen LogP contribution is 2.26. The second-order valence-corrected chi connectivity index (χ2v) is 11.3. The first-order valence-corrected chi connectivity index (χ1v) is 15.9. The largest absolute Gasteiger partial charge is 0.480 e. The van der Waals surface area contributed by atoms with Crippen LogP contribution in [-0.2, 0) is 37.2 Å². The fraction of sp³-hybridized carbons (Fsp3) is 0.529. The van der Waals surface area contributed by atoms with Crippen LogP contribution in [0.5, 0.6) is 0 Å². The van der Waals surface area contributed by atoms with E-state index in [1.54, 1.807) is 0 Å². The zero-order valence-electron chi connectivity index (χ0n) is 25.8. The van der Waals surface area contributed by atoms with Gasteiger partial charge in [-0.2, -0.15) is 0 Å². The van der Waals surface area contributed by atoms with Crippen molar-refractivity contribution in [2.45, 2.75) is 103 Å². The molecule has 0 aromatic heterocycles. The molecule has 0 aliphatic carbocycles. The Balaban J connectivity index is 1.69. The third-order valence-corrected chi connectivity index (χ3v) is 7.78. The number of hydroxylamine groups is 1. The van der Waals surface area contributed by atoms with Gasteiger partial charge in [-0.3, -0.25) is 14.4 Å². The van der Waals surface area contributed by atoms with E-state index in [0.717, 1.165) is 40.4 Å². The number of carboxylic acids is 1. The molecule has 1 aliphatic rings. The number of benzene rings is 2. The van der Waals surface area contributed by atoms with Crippen molar-refractivity contribution in [2.24, 2.45) is 5.92 Å².